The summed E-state index contributed by atoms with van der Waals surface area (Å²) in [5, 5.41) is 16.6. The average Bonchev–Trinajstić information content (AvgIpc) is 3.44. The molecule has 2 N–H and O–H groups in total. The first kappa shape index (κ1) is 38.7. The van der Waals surface area contributed by atoms with E-state index in [-0.39, 0.29) is 36.1 Å². The Balaban J connectivity index is 0.938. The number of nitriles is 1. The molecule has 0 aliphatic carbocycles. The van der Waals surface area contributed by atoms with Gasteiger partial charge in [-0.15, -0.1) is 0 Å². The van der Waals surface area contributed by atoms with Crippen molar-refractivity contribution in [1.82, 2.24) is 25.0 Å². The summed E-state index contributed by atoms with van der Waals surface area (Å²) in [6.45, 7) is 4.19. The Labute approximate surface area is 331 Å². The summed E-state index contributed by atoms with van der Waals surface area (Å²) < 4.78 is 32.9. The highest BCUT2D eigenvalue weighted by molar-refractivity contribution is 6.37. The first-order chi connectivity index (χ1) is 27.0. The van der Waals surface area contributed by atoms with E-state index in [4.69, 9.17) is 37.4 Å². The fourth-order valence-corrected chi connectivity index (χ4v) is 7.68. The monoisotopic (exact) mass is 803 g/mol. The van der Waals surface area contributed by atoms with Gasteiger partial charge in [0.25, 0.3) is 11.8 Å². The Bertz CT molecular complexity index is 2310. The zero-order valence-corrected chi connectivity index (χ0v) is 31.9. The predicted octanol–water partition coefficient (Wildman–Crippen LogP) is 5.30. The molecule has 56 heavy (non-hydrogen) atoms. The van der Waals surface area contributed by atoms with Gasteiger partial charge in [0.05, 0.1) is 64.5 Å². The zero-order valence-electron chi connectivity index (χ0n) is 30.4. The number of anilines is 2. The van der Waals surface area contributed by atoms with Crippen molar-refractivity contribution in [3.8, 4) is 23.3 Å². The largest absolute Gasteiger partial charge is 0.495 e. The van der Waals surface area contributed by atoms with E-state index in [1.807, 2.05) is 0 Å². The van der Waals surface area contributed by atoms with Crippen molar-refractivity contribution in [1.29, 1.82) is 5.26 Å². The summed E-state index contributed by atoms with van der Waals surface area (Å²) in [6.07, 6.45) is 2.17. The molecule has 0 spiro atoms. The number of piperidine rings is 1. The lowest BCUT2D eigenvalue weighted by Crippen LogP contribution is -2.54. The van der Waals surface area contributed by atoms with E-state index in [0.29, 0.717) is 81.3 Å². The molecule has 1 unspecified atom stereocenters. The normalized spacial score (nSPS) is 17.5. The molecule has 3 aliphatic heterocycles. The second-order valence-corrected chi connectivity index (χ2v) is 14.3. The fraction of sp³-hybridized carbons (Fsp3) is 0.333. The second kappa shape index (κ2) is 16.3. The maximum absolute atomic E-state index is 15.8. The molecule has 7 rings (SSSR count). The third-order valence-electron chi connectivity index (χ3n) is 10.1. The van der Waals surface area contributed by atoms with Crippen LogP contribution >= 0.6 is 23.2 Å². The first-order valence-electron chi connectivity index (χ1n) is 17.8. The van der Waals surface area contributed by atoms with Gasteiger partial charge in [-0.05, 0) is 31.0 Å². The predicted molar refractivity (Wildman–Crippen MR) is 204 cm³/mol. The number of halogens is 3. The van der Waals surface area contributed by atoms with Gasteiger partial charge in [-0.3, -0.25) is 39.3 Å². The van der Waals surface area contributed by atoms with Crippen LogP contribution in [0.3, 0.4) is 0 Å². The Hall–Kier alpha value is -5.53. The third-order valence-corrected chi connectivity index (χ3v) is 10.7. The van der Waals surface area contributed by atoms with Crippen LogP contribution < -0.4 is 24.8 Å². The molecule has 4 heterocycles. The summed E-state index contributed by atoms with van der Waals surface area (Å²) in [5.41, 5.74) is 1.70. The lowest BCUT2D eigenvalue weighted by molar-refractivity contribution is -0.136. The minimum absolute atomic E-state index is 0.000580. The molecule has 17 heteroatoms. The summed E-state index contributed by atoms with van der Waals surface area (Å²) in [5.74, 6) is -2.22. The van der Waals surface area contributed by atoms with Crippen LogP contribution in [0.5, 0.6) is 17.2 Å². The Morgan fingerprint density at radius 3 is 2.43 bits per heavy atom. The van der Waals surface area contributed by atoms with Crippen LogP contribution in [0.2, 0.25) is 10.0 Å². The van der Waals surface area contributed by atoms with E-state index in [1.165, 1.54) is 32.5 Å². The number of benzene rings is 3. The highest BCUT2D eigenvalue weighted by atomic mass is 35.5. The lowest BCUT2D eigenvalue weighted by atomic mass is 10.0. The number of piperazine rings is 1. The average molecular weight is 805 g/mol. The highest BCUT2D eigenvalue weighted by Crippen LogP contribution is 2.40. The van der Waals surface area contributed by atoms with E-state index in [0.717, 1.165) is 24.5 Å². The summed E-state index contributed by atoms with van der Waals surface area (Å²) in [7, 11) is 3.03. The van der Waals surface area contributed by atoms with E-state index in [1.54, 1.807) is 24.3 Å². The minimum atomic E-state index is -1.16. The molecule has 1 atom stereocenters. The minimum Gasteiger partial charge on any atom is -0.495 e. The van der Waals surface area contributed by atoms with Gasteiger partial charge in [0, 0.05) is 75.0 Å². The molecule has 2 saturated heterocycles. The van der Waals surface area contributed by atoms with Crippen molar-refractivity contribution in [2.75, 3.05) is 58.9 Å². The molecular weight excluding hydrogens is 768 g/mol. The van der Waals surface area contributed by atoms with Crippen LogP contribution in [0.15, 0.2) is 42.6 Å². The van der Waals surface area contributed by atoms with E-state index >= 15 is 4.39 Å². The Morgan fingerprint density at radius 2 is 1.71 bits per heavy atom. The molecule has 14 nitrogen and oxygen atoms in total. The van der Waals surface area contributed by atoms with Crippen molar-refractivity contribution in [3.63, 3.8) is 0 Å². The number of methoxy groups -OCH3 is 2. The number of fused-ring (bicyclic) bond motifs is 2. The number of pyridine rings is 1. The number of amides is 4. The standard InChI is InChI=1S/C39H36Cl2FN7O7/c1-54-30-17-28(25(40)15-26(30)41)45-36-22(18-43)19-44-27-16-32(31(55-2)14-24(27)36)56-13-3-8-47-9-11-48(12-10-47)20-21-4-5-23-34(35(21)42)39(53)49(38(23)52)29-6-7-33(50)46-37(29)51/h4-5,14-17,19,29H,3,6-13,20H2,1-2H3,(H,44,45)(H,46,50,51). The number of aromatic nitrogens is 1. The van der Waals surface area contributed by atoms with Crippen molar-refractivity contribution < 1.29 is 37.8 Å². The molecule has 0 saturated carbocycles. The van der Waals surface area contributed by atoms with Gasteiger partial charge in [-0.2, -0.15) is 5.26 Å². The fourth-order valence-electron chi connectivity index (χ4n) is 7.17. The van der Waals surface area contributed by atoms with Gasteiger partial charge in [0.15, 0.2) is 11.5 Å². The first-order valence-corrected chi connectivity index (χ1v) is 18.6. The zero-order chi connectivity index (χ0) is 39.7. The number of nitrogens with one attached hydrogen (secondary N) is 2. The van der Waals surface area contributed by atoms with Crippen LogP contribution in [0.4, 0.5) is 15.8 Å². The number of imide groups is 2. The van der Waals surface area contributed by atoms with Crippen LogP contribution in [0.25, 0.3) is 10.9 Å². The molecule has 0 bridgehead atoms. The highest BCUT2D eigenvalue weighted by Gasteiger charge is 2.46. The molecule has 3 aromatic carbocycles. The molecule has 4 aromatic rings. The van der Waals surface area contributed by atoms with Gasteiger partial charge >= 0.3 is 0 Å². The van der Waals surface area contributed by atoms with Crippen molar-refractivity contribution in [3.05, 3.63) is 80.7 Å². The number of carbonyl (C=O) groups excluding carboxylic acids is 4. The van der Waals surface area contributed by atoms with E-state index in [2.05, 4.69) is 31.5 Å². The number of rotatable bonds is 12. The number of hydrogen-bond donors (Lipinski definition) is 2. The molecular formula is C39H36Cl2FN7O7. The molecule has 2 fully saturated rings. The maximum Gasteiger partial charge on any atom is 0.265 e. The Kier molecular flexibility index (Phi) is 11.3. The second-order valence-electron chi connectivity index (χ2n) is 13.5. The Morgan fingerprint density at radius 1 is 0.964 bits per heavy atom. The SMILES string of the molecule is COc1cc(Nc2c(C#N)cnc3cc(OCCCN4CCN(Cc5ccc6c(c5F)C(=O)N(C5CCC(=O)NC5=O)C6=O)CC4)c(OC)cc23)c(Cl)cc1Cl. The topological polar surface area (TPSA) is 166 Å². The number of nitrogens with zero attached hydrogens (tertiary/aromatic N) is 5. The summed E-state index contributed by atoms with van der Waals surface area (Å²) in [6, 6.07) is 10.7. The van der Waals surface area contributed by atoms with Crippen LogP contribution in [0.1, 0.15) is 51.1 Å². The van der Waals surface area contributed by atoms with Crippen molar-refractivity contribution in [2.24, 2.45) is 0 Å². The van der Waals surface area contributed by atoms with Gasteiger partial charge in [0.2, 0.25) is 11.8 Å². The van der Waals surface area contributed by atoms with Crippen molar-refractivity contribution in [2.45, 2.75) is 31.8 Å². The lowest BCUT2D eigenvalue weighted by Gasteiger charge is -2.34. The molecule has 4 amide bonds. The van der Waals surface area contributed by atoms with Gasteiger partial charge in [-0.25, -0.2) is 4.39 Å². The van der Waals surface area contributed by atoms with Crippen LogP contribution in [0, 0.1) is 17.1 Å². The molecule has 290 valence electrons. The van der Waals surface area contributed by atoms with Crippen LogP contribution in [-0.4, -0.2) is 103 Å². The molecule has 1 aromatic heterocycles. The molecule has 3 aliphatic rings. The van der Waals surface area contributed by atoms with Gasteiger partial charge in [0.1, 0.15) is 23.7 Å². The van der Waals surface area contributed by atoms with Crippen molar-refractivity contribution >= 4 is 69.1 Å². The summed E-state index contributed by atoms with van der Waals surface area (Å²) in [4.78, 5) is 59.8. The maximum atomic E-state index is 15.8. The number of ether oxygens (including phenoxy) is 3. The third kappa shape index (κ3) is 7.53. The van der Waals surface area contributed by atoms with Crippen LogP contribution in [-0.2, 0) is 16.1 Å². The van der Waals surface area contributed by atoms with E-state index in [9.17, 15) is 24.4 Å². The van der Waals surface area contributed by atoms with Gasteiger partial charge < -0.3 is 24.4 Å². The smallest absolute Gasteiger partial charge is 0.265 e. The summed E-state index contributed by atoms with van der Waals surface area (Å²) >= 11 is 12.7. The number of carbonyl (C=O) groups is 4. The van der Waals surface area contributed by atoms with E-state index < -0.39 is 35.5 Å². The van der Waals surface area contributed by atoms with Gasteiger partial charge in [-0.1, -0.05) is 29.3 Å². The molecule has 0 radical (unpaired) electrons. The number of hydrogen-bond acceptors (Lipinski definition) is 12. The quantitative estimate of drug-likeness (QED) is 0.140.